The number of hydrogen-bond donors (Lipinski definition) is 0. The van der Waals surface area contributed by atoms with Gasteiger partial charge in [0, 0.05) is 42.7 Å². The van der Waals surface area contributed by atoms with Crippen LogP contribution in [0.15, 0.2) is 217 Å². The number of hydrogen-bond acceptors (Lipinski definition) is 3. The first-order chi connectivity index (χ1) is 38.2. The number of aromatic nitrogens is 4. The van der Waals surface area contributed by atoms with Gasteiger partial charge in [0.1, 0.15) is 5.58 Å². The Labute approximate surface area is 474 Å². The Bertz CT molecular complexity index is 4290. The van der Waals surface area contributed by atoms with E-state index in [2.05, 4.69) is 213 Å². The summed E-state index contributed by atoms with van der Waals surface area (Å²) in [6.07, 6.45) is 3.92. The fourth-order valence-electron chi connectivity index (χ4n) is 11.4. The van der Waals surface area contributed by atoms with E-state index in [-0.39, 0.29) is 37.8 Å². The number of furan rings is 1. The first-order valence-corrected chi connectivity index (χ1v) is 27.2. The van der Waals surface area contributed by atoms with Crippen molar-refractivity contribution in [2.45, 2.75) is 65.2 Å². The van der Waals surface area contributed by atoms with Crippen molar-refractivity contribution in [3.63, 3.8) is 0 Å². The fraction of sp³-hybridized carbons (Fsp3) is 0.139. The molecule has 0 aliphatic heterocycles. The van der Waals surface area contributed by atoms with Gasteiger partial charge in [-0.3, -0.25) is 14.4 Å². The minimum Gasteiger partial charge on any atom is -0.501 e. The summed E-state index contributed by atoms with van der Waals surface area (Å²) in [5.41, 5.74) is 22.3. The Morgan fingerprint density at radius 2 is 1.08 bits per heavy atom. The van der Waals surface area contributed by atoms with E-state index in [4.69, 9.17) is 14.4 Å². The Kier molecular flexibility index (Phi) is 14.1. The number of imidazole rings is 2. The number of rotatable bonds is 8. The van der Waals surface area contributed by atoms with E-state index < -0.39 is 0 Å². The predicted molar refractivity (Wildman–Crippen MR) is 318 cm³/mol. The third-order valence-electron chi connectivity index (χ3n) is 15.4. The SMILES string of the molecule is CC(C)c1cc(-c2ccccc2)cc(C(C)C)c1-n1c(-c2[c-]ccc3c2oc2cc(-c4ccccc4)ccc23)nc2ccccc21.Fc1c[c-]c(-c2nc3ccccc3n2-c2cc3ccc2CCc2ccc(cc2)CC3)cc1.[Ir]. The van der Waals surface area contributed by atoms with Crippen molar-refractivity contribution in [2.75, 3.05) is 0 Å². The molecular formula is C72H57FIrN4O-2. The third kappa shape index (κ3) is 9.83. The minimum atomic E-state index is -0.292. The summed E-state index contributed by atoms with van der Waals surface area (Å²) in [6.45, 7) is 9.14. The Balaban J connectivity index is 0.000000166. The first-order valence-electron chi connectivity index (χ1n) is 27.2. The molecule has 0 fully saturated rings. The zero-order valence-corrected chi connectivity index (χ0v) is 47.0. The van der Waals surface area contributed by atoms with Crippen LogP contribution in [0.5, 0.6) is 0 Å². The zero-order chi connectivity index (χ0) is 52.9. The second-order valence-electron chi connectivity index (χ2n) is 21.2. The molecule has 5 nitrogen and oxygen atoms in total. The van der Waals surface area contributed by atoms with Crippen LogP contribution in [0.3, 0.4) is 0 Å². The van der Waals surface area contributed by atoms with Gasteiger partial charge >= 0.3 is 0 Å². The number of nitrogens with zero attached hydrogens (tertiary/aromatic N) is 4. The van der Waals surface area contributed by atoms with Crippen LogP contribution in [-0.2, 0) is 45.8 Å². The maximum Gasteiger partial charge on any atom is 0.121 e. The van der Waals surface area contributed by atoms with Gasteiger partial charge in [-0.1, -0.05) is 172 Å². The molecule has 0 N–H and O–H groups in total. The Morgan fingerprint density at radius 1 is 0.494 bits per heavy atom. The Morgan fingerprint density at radius 3 is 1.72 bits per heavy atom. The molecule has 7 heteroatoms. The van der Waals surface area contributed by atoms with E-state index in [1.54, 1.807) is 6.07 Å². The average Bonchev–Trinajstić information content (AvgIpc) is 4.32. The summed E-state index contributed by atoms with van der Waals surface area (Å²) in [6, 6.07) is 80.2. The smallest absolute Gasteiger partial charge is 0.121 e. The summed E-state index contributed by atoms with van der Waals surface area (Å²) in [5, 5.41) is 2.15. The molecule has 389 valence electrons. The van der Waals surface area contributed by atoms with Crippen LogP contribution in [0.4, 0.5) is 4.39 Å². The van der Waals surface area contributed by atoms with E-state index in [1.807, 2.05) is 30.3 Å². The molecule has 0 unspecified atom stereocenters. The number of fused-ring (bicyclic) bond motifs is 5. The third-order valence-corrected chi connectivity index (χ3v) is 15.4. The van der Waals surface area contributed by atoms with Gasteiger partial charge in [0.05, 0.1) is 39.3 Å². The van der Waals surface area contributed by atoms with Crippen LogP contribution in [0.25, 0.3) is 100 Å². The molecule has 1 radical (unpaired) electrons. The van der Waals surface area contributed by atoms with Crippen molar-refractivity contribution in [1.29, 1.82) is 0 Å². The molecule has 4 aliphatic rings. The summed E-state index contributed by atoms with van der Waals surface area (Å²) in [7, 11) is 0. The predicted octanol–water partition coefficient (Wildman–Crippen LogP) is 18.5. The molecule has 0 spiro atoms. The van der Waals surface area contributed by atoms with Crippen molar-refractivity contribution in [2.24, 2.45) is 0 Å². The van der Waals surface area contributed by atoms with E-state index in [0.717, 1.165) is 104 Å². The van der Waals surface area contributed by atoms with Gasteiger partial charge < -0.3 is 13.6 Å². The van der Waals surface area contributed by atoms with Crippen molar-refractivity contribution in [1.82, 2.24) is 19.1 Å². The van der Waals surface area contributed by atoms with Gasteiger partial charge in [-0.15, -0.1) is 48.0 Å². The van der Waals surface area contributed by atoms with Gasteiger partial charge in [0.15, 0.2) is 0 Å². The van der Waals surface area contributed by atoms with Crippen molar-refractivity contribution >= 4 is 44.0 Å². The molecule has 17 rings (SSSR count). The topological polar surface area (TPSA) is 48.8 Å². The normalized spacial score (nSPS) is 12.3. The first kappa shape index (κ1) is 51.3. The van der Waals surface area contributed by atoms with Crippen LogP contribution in [0, 0.1) is 17.9 Å². The molecule has 0 atom stereocenters. The van der Waals surface area contributed by atoms with Crippen molar-refractivity contribution < 1.29 is 28.9 Å². The van der Waals surface area contributed by atoms with Crippen LogP contribution >= 0.6 is 0 Å². The van der Waals surface area contributed by atoms with Crippen LogP contribution in [0.1, 0.15) is 72.9 Å². The number of aryl methyl sites for hydroxylation is 4. The minimum absolute atomic E-state index is 0. The molecule has 3 aromatic heterocycles. The molecule has 10 aromatic carbocycles. The Hall–Kier alpha value is -8.48. The van der Waals surface area contributed by atoms with Gasteiger partial charge in [0.2, 0.25) is 0 Å². The van der Waals surface area contributed by atoms with Gasteiger partial charge in [-0.2, -0.15) is 0 Å². The summed E-state index contributed by atoms with van der Waals surface area (Å²) in [5.74, 6) is 1.91. The molecule has 0 amide bonds. The van der Waals surface area contributed by atoms with Crippen LogP contribution < -0.4 is 0 Å². The fourth-order valence-corrected chi connectivity index (χ4v) is 11.4. The quantitative estimate of drug-likeness (QED) is 0.142. The summed E-state index contributed by atoms with van der Waals surface area (Å²) < 4.78 is 24.9. The number of benzene rings is 10. The second-order valence-corrected chi connectivity index (χ2v) is 21.2. The van der Waals surface area contributed by atoms with E-state index in [9.17, 15) is 4.39 Å². The zero-order valence-electron chi connectivity index (χ0n) is 44.6. The maximum absolute atomic E-state index is 13.6. The van der Waals surface area contributed by atoms with Crippen molar-refractivity contribution in [3.05, 3.63) is 264 Å². The molecule has 3 heterocycles. The van der Waals surface area contributed by atoms with Crippen LogP contribution in [-0.4, -0.2) is 19.1 Å². The van der Waals surface area contributed by atoms with Gasteiger partial charge in [0.25, 0.3) is 0 Å². The average molecular weight is 1210 g/mol. The van der Waals surface area contributed by atoms with Crippen molar-refractivity contribution in [3.8, 4) is 56.4 Å². The molecule has 0 saturated carbocycles. The standard InChI is InChI=1S/C43H35N2O.C29H22FN2.Ir/c1-27(2)36-24-32(30-16-9-6-10-17-30)25-37(28(3)4)41(36)45-39-21-12-11-20-38(39)44-43(45)35-19-13-18-34-33-23-22-31(26-40(33)46-42(34)35)29-14-7-5-8-15-29;30-25-17-15-24(16-18-25)29-31-26-3-1-2-4-27(26)32(29)28-19-22-10-9-20-5-7-21(8-6-20)11-13-23(28)14-12-22;/h5-18,20-28H,1-4H3;1-8,12,14-15,17-19H,9-11,13H2;/q2*-1;. The summed E-state index contributed by atoms with van der Waals surface area (Å²) in [4.78, 5) is 10.2. The molecule has 79 heavy (non-hydrogen) atoms. The second kappa shape index (κ2) is 21.7. The van der Waals surface area contributed by atoms with Gasteiger partial charge in [-0.05, 0) is 142 Å². The van der Waals surface area contributed by atoms with E-state index in [0.29, 0.717) is 0 Å². The van der Waals surface area contributed by atoms with Crippen LogP contribution in [0.2, 0.25) is 0 Å². The molecule has 4 aliphatic carbocycles. The molecule has 0 saturated heterocycles. The van der Waals surface area contributed by atoms with Gasteiger partial charge in [-0.25, -0.2) is 0 Å². The number of halogens is 1. The molecule has 4 bridgehead atoms. The molecular weight excluding hydrogens is 1150 g/mol. The summed E-state index contributed by atoms with van der Waals surface area (Å²) >= 11 is 0. The molecule has 13 aromatic rings. The largest absolute Gasteiger partial charge is 0.501 e. The maximum atomic E-state index is 13.6. The van der Waals surface area contributed by atoms with E-state index in [1.165, 1.54) is 67.9 Å². The monoisotopic (exact) mass is 1210 g/mol. The number of para-hydroxylation sites is 4. The van der Waals surface area contributed by atoms with E-state index >= 15 is 0 Å².